The van der Waals surface area contributed by atoms with Crippen molar-refractivity contribution in [3.8, 4) is 22.6 Å². The number of nitrogens with zero attached hydrogens (tertiary/aromatic N) is 3. The van der Waals surface area contributed by atoms with Crippen LogP contribution in [-0.2, 0) is 0 Å². The fourth-order valence-corrected chi connectivity index (χ4v) is 8.52. The highest BCUT2D eigenvalue weighted by Crippen LogP contribution is 2.49. The number of benzene rings is 9. The molecule has 2 aliphatic heterocycles. The van der Waals surface area contributed by atoms with Gasteiger partial charge in [0.05, 0.1) is 11.4 Å². The van der Waals surface area contributed by atoms with E-state index in [0.29, 0.717) is 0 Å². The lowest BCUT2D eigenvalue weighted by Gasteiger charge is -2.38. The first-order chi connectivity index (χ1) is 29.8. The molecule has 2 aliphatic rings. The van der Waals surface area contributed by atoms with Gasteiger partial charge >= 0.3 is 0 Å². The molecule has 0 fully saturated rings. The predicted molar refractivity (Wildman–Crippen MR) is 251 cm³/mol. The molecule has 0 amide bonds. The van der Waals surface area contributed by atoms with Crippen molar-refractivity contribution in [3.05, 3.63) is 224 Å². The molecule has 0 spiro atoms. The number of para-hydroxylation sites is 8. The Kier molecular flexibility index (Phi) is 8.86. The van der Waals surface area contributed by atoms with E-state index in [1.54, 1.807) is 0 Å². The molecule has 283 valence electrons. The summed E-state index contributed by atoms with van der Waals surface area (Å²) in [6.07, 6.45) is 0. The van der Waals surface area contributed by atoms with E-state index in [1.807, 2.05) is 24.3 Å². The first-order valence-electron chi connectivity index (χ1n) is 20.3. The van der Waals surface area contributed by atoms with E-state index in [1.165, 1.54) is 0 Å². The molecule has 0 bridgehead atoms. The summed E-state index contributed by atoms with van der Waals surface area (Å²) in [6, 6.07) is 79.1. The minimum atomic E-state index is 0.788. The van der Waals surface area contributed by atoms with E-state index in [4.69, 9.17) is 4.74 Å². The minimum absolute atomic E-state index is 0.788. The van der Waals surface area contributed by atoms with Gasteiger partial charge in [0.2, 0.25) is 0 Å². The summed E-state index contributed by atoms with van der Waals surface area (Å²) in [6.45, 7) is 0. The van der Waals surface area contributed by atoms with Gasteiger partial charge < -0.3 is 24.8 Å². The summed E-state index contributed by atoms with van der Waals surface area (Å²) < 4.78 is 6.56. The highest BCUT2D eigenvalue weighted by atomic mass is 16.5. The fourth-order valence-electron chi connectivity index (χ4n) is 8.52. The molecule has 60 heavy (non-hydrogen) atoms. The van der Waals surface area contributed by atoms with Gasteiger partial charge in [0.25, 0.3) is 0 Å². The smallest absolute Gasteiger partial charge is 0.197 e. The molecule has 2 heterocycles. The third-order valence-corrected chi connectivity index (χ3v) is 11.2. The van der Waals surface area contributed by atoms with Gasteiger partial charge in [-0.25, -0.2) is 0 Å². The Bertz CT molecular complexity index is 2890. The van der Waals surface area contributed by atoms with E-state index in [0.717, 1.165) is 96.1 Å². The van der Waals surface area contributed by atoms with Crippen molar-refractivity contribution in [3.63, 3.8) is 0 Å². The lowest BCUT2D eigenvalue weighted by atomic mass is 9.58. The third kappa shape index (κ3) is 6.32. The van der Waals surface area contributed by atoms with Crippen LogP contribution >= 0.6 is 0 Å². The largest absolute Gasteiger partial charge is 0.453 e. The first-order valence-corrected chi connectivity index (χ1v) is 20.3. The Labute approximate surface area is 351 Å². The Hall–Kier alpha value is -7.96. The van der Waals surface area contributed by atoms with Crippen LogP contribution in [0.15, 0.2) is 224 Å². The van der Waals surface area contributed by atoms with Crippen LogP contribution in [0.3, 0.4) is 0 Å². The van der Waals surface area contributed by atoms with Gasteiger partial charge in [-0.05, 0) is 114 Å². The standard InChI is InChI=1S/C54H38BN4O/c1-6-19-38(20-7-1)57(39-21-8-2-9-22-39)43-33-34-47-49(36-43)59(42-27-14-5-15-28-42)50-37-44(58(40-23-10-3-11-24-40)41-25-12-4-13-26-41)35-46(53(50)55-47)45-29-18-32-52-54(45)56-48-30-16-17-31-51(48)60-52/h1-37,56H. The third-order valence-electron chi connectivity index (χ3n) is 11.2. The maximum Gasteiger partial charge on any atom is 0.197 e. The molecule has 1 radical (unpaired) electrons. The van der Waals surface area contributed by atoms with Crippen LogP contribution in [0.25, 0.3) is 11.1 Å². The highest BCUT2D eigenvalue weighted by Gasteiger charge is 2.32. The molecular weight excluding hydrogens is 731 g/mol. The van der Waals surface area contributed by atoms with Crippen LogP contribution in [0.2, 0.25) is 0 Å². The van der Waals surface area contributed by atoms with Crippen molar-refractivity contribution < 1.29 is 4.74 Å². The predicted octanol–water partition coefficient (Wildman–Crippen LogP) is 13.6. The maximum atomic E-state index is 6.56. The molecule has 9 aromatic rings. The van der Waals surface area contributed by atoms with Crippen molar-refractivity contribution in [1.82, 2.24) is 0 Å². The van der Waals surface area contributed by atoms with E-state index < -0.39 is 0 Å². The van der Waals surface area contributed by atoms with Crippen molar-refractivity contribution in [1.29, 1.82) is 0 Å². The molecule has 0 saturated heterocycles. The number of nitrogens with one attached hydrogen (secondary N) is 1. The van der Waals surface area contributed by atoms with Crippen LogP contribution in [0.1, 0.15) is 0 Å². The van der Waals surface area contributed by atoms with E-state index in [9.17, 15) is 0 Å². The van der Waals surface area contributed by atoms with Crippen LogP contribution in [0.5, 0.6) is 11.5 Å². The average molecular weight is 770 g/mol. The Morgan fingerprint density at radius 2 is 0.917 bits per heavy atom. The summed E-state index contributed by atoms with van der Waals surface area (Å²) in [5, 5.41) is 3.77. The maximum absolute atomic E-state index is 6.56. The monoisotopic (exact) mass is 769 g/mol. The van der Waals surface area contributed by atoms with Gasteiger partial charge in [-0.1, -0.05) is 127 Å². The lowest BCUT2D eigenvalue weighted by molar-refractivity contribution is 0.481. The lowest BCUT2D eigenvalue weighted by Crippen LogP contribution is -2.41. The number of ether oxygens (including phenoxy) is 1. The van der Waals surface area contributed by atoms with Crippen LogP contribution < -0.4 is 35.7 Å². The summed E-state index contributed by atoms with van der Waals surface area (Å²) in [4.78, 5) is 7.10. The van der Waals surface area contributed by atoms with Crippen molar-refractivity contribution in [2.75, 3.05) is 20.0 Å². The Morgan fingerprint density at radius 1 is 0.400 bits per heavy atom. The molecule has 9 aromatic carbocycles. The average Bonchev–Trinajstić information content (AvgIpc) is 3.31. The van der Waals surface area contributed by atoms with Gasteiger partial charge in [0, 0.05) is 56.7 Å². The zero-order valence-electron chi connectivity index (χ0n) is 32.7. The van der Waals surface area contributed by atoms with Crippen molar-refractivity contribution in [2.45, 2.75) is 0 Å². The van der Waals surface area contributed by atoms with Crippen LogP contribution in [0.4, 0.5) is 62.6 Å². The van der Waals surface area contributed by atoms with E-state index >= 15 is 0 Å². The van der Waals surface area contributed by atoms with E-state index in [-0.39, 0.29) is 0 Å². The molecule has 0 aromatic heterocycles. The van der Waals surface area contributed by atoms with Crippen LogP contribution in [0, 0.1) is 0 Å². The molecule has 0 unspecified atom stereocenters. The second kappa shape index (κ2) is 15.1. The molecule has 0 aliphatic carbocycles. The fraction of sp³-hybridized carbons (Fsp3) is 0. The molecule has 5 nitrogen and oxygen atoms in total. The van der Waals surface area contributed by atoms with Gasteiger partial charge in [0.1, 0.15) is 0 Å². The zero-order valence-corrected chi connectivity index (χ0v) is 32.7. The first kappa shape index (κ1) is 35.2. The number of hydrogen-bond donors (Lipinski definition) is 1. The Balaban J connectivity index is 1.17. The highest BCUT2D eigenvalue weighted by molar-refractivity contribution is 6.73. The van der Waals surface area contributed by atoms with Crippen LogP contribution in [-0.4, -0.2) is 7.28 Å². The topological polar surface area (TPSA) is 31.0 Å². The Morgan fingerprint density at radius 3 is 1.53 bits per heavy atom. The SMILES string of the molecule is [B]1c2ccc(N(c3ccccc3)c3ccccc3)cc2N(c2ccccc2)c2cc(N(c3ccccc3)c3ccccc3)cc(-c3cccc4c3Nc3ccccc3O4)c21. The second-order valence-corrected chi connectivity index (χ2v) is 14.9. The van der Waals surface area contributed by atoms with Gasteiger partial charge in [-0.2, -0.15) is 0 Å². The van der Waals surface area contributed by atoms with Gasteiger partial charge in [-0.3, -0.25) is 0 Å². The molecule has 6 heteroatoms. The minimum Gasteiger partial charge on any atom is -0.453 e. The molecule has 1 N–H and O–H groups in total. The summed E-state index contributed by atoms with van der Waals surface area (Å²) in [7, 11) is 2.36. The normalized spacial score (nSPS) is 12.0. The number of fused-ring (bicyclic) bond motifs is 4. The molecular formula is C54H38BN4O. The van der Waals surface area contributed by atoms with E-state index in [2.05, 4.69) is 227 Å². The molecule has 11 rings (SSSR count). The second-order valence-electron chi connectivity index (χ2n) is 14.9. The summed E-state index contributed by atoms with van der Waals surface area (Å²) in [5.41, 5.74) is 15.8. The van der Waals surface area contributed by atoms with Gasteiger partial charge in [0.15, 0.2) is 18.8 Å². The summed E-state index contributed by atoms with van der Waals surface area (Å²) >= 11 is 0. The number of rotatable bonds is 8. The quantitative estimate of drug-likeness (QED) is 0.156. The van der Waals surface area contributed by atoms with Crippen molar-refractivity contribution >= 4 is 80.8 Å². The molecule has 0 saturated carbocycles. The molecule has 0 atom stereocenters. The number of hydrogen-bond acceptors (Lipinski definition) is 5. The van der Waals surface area contributed by atoms with Gasteiger partial charge in [-0.15, -0.1) is 0 Å². The van der Waals surface area contributed by atoms with Crippen molar-refractivity contribution in [2.24, 2.45) is 0 Å². The summed E-state index contributed by atoms with van der Waals surface area (Å²) in [5.74, 6) is 1.60. The zero-order chi connectivity index (χ0) is 39.8. The number of anilines is 11.